The van der Waals surface area contributed by atoms with Crippen molar-refractivity contribution in [3.63, 3.8) is 0 Å². The van der Waals surface area contributed by atoms with Gasteiger partial charge < -0.3 is 10.5 Å². The van der Waals surface area contributed by atoms with E-state index in [9.17, 15) is 0 Å². The van der Waals surface area contributed by atoms with Crippen molar-refractivity contribution >= 4 is 40.2 Å². The lowest BCUT2D eigenvalue weighted by Gasteiger charge is -2.09. The van der Waals surface area contributed by atoms with E-state index in [4.69, 9.17) is 33.7 Å². The molecular weight excluding hydrogens is 265 g/mol. The molecule has 84 valence electrons. The number of nitrogen functional groups attached to an aromatic ring is 1. The second-order valence-electron chi connectivity index (χ2n) is 3.23. The highest BCUT2D eigenvalue weighted by Crippen LogP contribution is 2.35. The average molecular weight is 274 g/mol. The van der Waals surface area contributed by atoms with Gasteiger partial charge in [0.05, 0.1) is 10.0 Å². The summed E-state index contributed by atoms with van der Waals surface area (Å²) >= 11 is 13.6. The van der Waals surface area contributed by atoms with Gasteiger partial charge in [0.2, 0.25) is 0 Å². The fourth-order valence-corrected chi connectivity index (χ4v) is 2.51. The molecule has 0 aliphatic heterocycles. The summed E-state index contributed by atoms with van der Waals surface area (Å²) in [4.78, 5) is 0. The van der Waals surface area contributed by atoms with Crippen molar-refractivity contribution in [1.82, 2.24) is 0 Å². The number of nitrogens with two attached hydrogens (primary N) is 1. The van der Waals surface area contributed by atoms with Crippen molar-refractivity contribution in [2.24, 2.45) is 0 Å². The van der Waals surface area contributed by atoms with E-state index < -0.39 is 0 Å². The minimum atomic E-state index is 0.431. The molecule has 0 aliphatic rings. The van der Waals surface area contributed by atoms with Crippen LogP contribution in [0.4, 0.5) is 5.69 Å². The molecule has 2 aromatic rings. The summed E-state index contributed by atoms with van der Waals surface area (Å²) in [6.45, 7) is 0.451. The van der Waals surface area contributed by atoms with Gasteiger partial charge in [0.15, 0.2) is 5.75 Å². The van der Waals surface area contributed by atoms with Crippen molar-refractivity contribution in [2.75, 3.05) is 5.73 Å². The van der Waals surface area contributed by atoms with Gasteiger partial charge in [-0.05, 0) is 34.5 Å². The molecule has 0 fully saturated rings. The number of hydrogen-bond acceptors (Lipinski definition) is 3. The Morgan fingerprint density at radius 2 is 1.94 bits per heavy atom. The van der Waals surface area contributed by atoms with Gasteiger partial charge in [0, 0.05) is 5.69 Å². The highest BCUT2D eigenvalue weighted by atomic mass is 35.5. The Balaban J connectivity index is 2.15. The molecule has 0 aliphatic carbocycles. The number of ether oxygens (including phenoxy) is 1. The Hall–Kier alpha value is -0.900. The van der Waals surface area contributed by atoms with E-state index in [-0.39, 0.29) is 0 Å². The molecule has 0 radical (unpaired) electrons. The lowest BCUT2D eigenvalue weighted by molar-refractivity contribution is 0.307. The first-order chi connectivity index (χ1) is 7.66. The molecule has 1 aromatic carbocycles. The highest BCUT2D eigenvalue weighted by Gasteiger charge is 2.08. The van der Waals surface area contributed by atoms with Crippen LogP contribution in [0.3, 0.4) is 0 Å². The topological polar surface area (TPSA) is 35.2 Å². The van der Waals surface area contributed by atoms with Crippen molar-refractivity contribution in [1.29, 1.82) is 0 Å². The zero-order valence-corrected chi connectivity index (χ0v) is 10.6. The van der Waals surface area contributed by atoms with Crippen LogP contribution in [0.5, 0.6) is 5.75 Å². The molecule has 0 bridgehead atoms. The first-order valence-electron chi connectivity index (χ1n) is 4.55. The molecule has 0 saturated carbocycles. The summed E-state index contributed by atoms with van der Waals surface area (Å²) in [5.41, 5.74) is 7.21. The SMILES string of the molecule is Nc1cc(Cl)c(OCc2ccsc2)c(Cl)c1. The van der Waals surface area contributed by atoms with Gasteiger partial charge in [0.1, 0.15) is 6.61 Å². The number of hydrogen-bond donors (Lipinski definition) is 1. The van der Waals surface area contributed by atoms with Gasteiger partial charge in [-0.15, -0.1) is 0 Å². The largest absolute Gasteiger partial charge is 0.486 e. The van der Waals surface area contributed by atoms with Crippen molar-refractivity contribution < 1.29 is 4.74 Å². The number of halogens is 2. The normalized spacial score (nSPS) is 10.4. The van der Waals surface area contributed by atoms with Gasteiger partial charge in [-0.2, -0.15) is 11.3 Å². The Labute approximate surface area is 108 Å². The summed E-state index contributed by atoms with van der Waals surface area (Å²) in [7, 11) is 0. The minimum absolute atomic E-state index is 0.431. The van der Waals surface area contributed by atoms with Crippen molar-refractivity contribution in [3.8, 4) is 5.75 Å². The van der Waals surface area contributed by atoms with Crippen LogP contribution in [-0.2, 0) is 6.61 Å². The molecule has 0 spiro atoms. The third kappa shape index (κ3) is 2.61. The fourth-order valence-electron chi connectivity index (χ4n) is 1.25. The molecule has 0 atom stereocenters. The molecule has 1 aromatic heterocycles. The average Bonchev–Trinajstić information content (AvgIpc) is 2.68. The van der Waals surface area contributed by atoms with E-state index >= 15 is 0 Å². The number of rotatable bonds is 3. The fraction of sp³-hybridized carbons (Fsp3) is 0.0909. The van der Waals surface area contributed by atoms with E-state index in [0.717, 1.165) is 5.56 Å². The lowest BCUT2D eigenvalue weighted by atomic mass is 10.3. The van der Waals surface area contributed by atoms with Gasteiger partial charge in [-0.3, -0.25) is 0 Å². The zero-order valence-electron chi connectivity index (χ0n) is 8.24. The predicted octanol–water partition coefficient (Wildman–Crippen LogP) is 4.22. The summed E-state index contributed by atoms with van der Waals surface area (Å²) in [6.07, 6.45) is 0. The van der Waals surface area contributed by atoms with Crippen LogP contribution >= 0.6 is 34.5 Å². The first-order valence-corrected chi connectivity index (χ1v) is 6.25. The standard InChI is InChI=1S/C11H9Cl2NOS/c12-9-3-8(14)4-10(13)11(9)15-5-7-1-2-16-6-7/h1-4,6H,5,14H2. The molecule has 0 unspecified atom stereocenters. The number of thiophene rings is 1. The van der Waals surface area contributed by atoms with Crippen LogP contribution in [-0.4, -0.2) is 0 Å². The summed E-state index contributed by atoms with van der Waals surface area (Å²) in [5.74, 6) is 0.476. The van der Waals surface area contributed by atoms with Crippen LogP contribution in [0, 0.1) is 0 Å². The van der Waals surface area contributed by atoms with E-state index in [1.165, 1.54) is 0 Å². The molecule has 0 amide bonds. The smallest absolute Gasteiger partial charge is 0.157 e. The molecule has 16 heavy (non-hydrogen) atoms. The monoisotopic (exact) mass is 273 g/mol. The Kier molecular flexibility index (Phi) is 3.59. The maximum absolute atomic E-state index is 5.99. The Morgan fingerprint density at radius 3 is 2.50 bits per heavy atom. The van der Waals surface area contributed by atoms with Crippen LogP contribution in [0.15, 0.2) is 29.0 Å². The van der Waals surface area contributed by atoms with Crippen molar-refractivity contribution in [3.05, 3.63) is 44.6 Å². The van der Waals surface area contributed by atoms with Crippen LogP contribution in [0.1, 0.15) is 5.56 Å². The second-order valence-corrected chi connectivity index (χ2v) is 4.83. The quantitative estimate of drug-likeness (QED) is 0.850. The van der Waals surface area contributed by atoms with Crippen LogP contribution in [0.2, 0.25) is 10.0 Å². The van der Waals surface area contributed by atoms with E-state index in [1.807, 2.05) is 16.8 Å². The third-order valence-electron chi connectivity index (χ3n) is 1.98. The van der Waals surface area contributed by atoms with E-state index in [0.29, 0.717) is 28.1 Å². The maximum atomic E-state index is 5.99. The van der Waals surface area contributed by atoms with E-state index in [2.05, 4.69) is 0 Å². The lowest BCUT2D eigenvalue weighted by Crippen LogP contribution is -1.96. The molecule has 2 N–H and O–H groups in total. The Bertz CT molecular complexity index is 462. The zero-order chi connectivity index (χ0) is 11.5. The highest BCUT2D eigenvalue weighted by molar-refractivity contribution is 7.07. The minimum Gasteiger partial charge on any atom is -0.486 e. The second kappa shape index (κ2) is 4.95. The molecule has 2 nitrogen and oxygen atoms in total. The third-order valence-corrected chi connectivity index (χ3v) is 3.28. The molecule has 0 saturated heterocycles. The maximum Gasteiger partial charge on any atom is 0.157 e. The first kappa shape index (κ1) is 11.6. The number of anilines is 1. The Morgan fingerprint density at radius 1 is 1.25 bits per heavy atom. The van der Waals surface area contributed by atoms with Gasteiger partial charge >= 0.3 is 0 Å². The molecule has 2 rings (SSSR count). The van der Waals surface area contributed by atoms with Crippen LogP contribution in [0.25, 0.3) is 0 Å². The van der Waals surface area contributed by atoms with Crippen molar-refractivity contribution in [2.45, 2.75) is 6.61 Å². The summed E-state index contributed by atoms with van der Waals surface area (Å²) in [5, 5.41) is 4.87. The molecule has 1 heterocycles. The van der Waals surface area contributed by atoms with Gasteiger partial charge in [0.25, 0.3) is 0 Å². The molecular formula is C11H9Cl2NOS. The summed E-state index contributed by atoms with van der Waals surface area (Å²) < 4.78 is 5.55. The van der Waals surface area contributed by atoms with Gasteiger partial charge in [-0.25, -0.2) is 0 Å². The van der Waals surface area contributed by atoms with E-state index in [1.54, 1.807) is 23.5 Å². The number of benzene rings is 1. The van der Waals surface area contributed by atoms with Gasteiger partial charge in [-0.1, -0.05) is 23.2 Å². The predicted molar refractivity (Wildman–Crippen MR) is 69.5 cm³/mol. The summed E-state index contributed by atoms with van der Waals surface area (Å²) in [6, 6.07) is 5.23. The molecule has 5 heteroatoms. The van der Waals surface area contributed by atoms with Crippen LogP contribution < -0.4 is 10.5 Å².